The van der Waals surface area contributed by atoms with Gasteiger partial charge in [0.15, 0.2) is 6.10 Å². The number of aryl methyl sites for hydroxylation is 1. The van der Waals surface area contributed by atoms with Crippen molar-refractivity contribution < 1.29 is 9.53 Å². The molecule has 0 saturated carbocycles. The lowest BCUT2D eigenvalue weighted by atomic mass is 10.1. The standard InChI is InChI=1S/C11H17N3O2/c1-11(2,3)13-10(15)16-8-4-6-14-7-5-12-9(8)14/h5,7-8H,4,6H2,1-3H3,(H,13,15)/t8-/m1/s1. The lowest BCUT2D eigenvalue weighted by molar-refractivity contribution is 0.0898. The molecule has 1 aromatic rings. The molecule has 0 saturated heterocycles. The minimum atomic E-state index is -0.381. The molecule has 2 heterocycles. The number of hydrogen-bond donors (Lipinski definition) is 1. The Morgan fingerprint density at radius 3 is 3.06 bits per heavy atom. The smallest absolute Gasteiger partial charge is 0.408 e. The van der Waals surface area contributed by atoms with Gasteiger partial charge in [0.2, 0.25) is 0 Å². The van der Waals surface area contributed by atoms with Gasteiger partial charge >= 0.3 is 6.09 Å². The summed E-state index contributed by atoms with van der Waals surface area (Å²) >= 11 is 0. The van der Waals surface area contributed by atoms with Crippen molar-refractivity contribution in [3.8, 4) is 0 Å². The van der Waals surface area contributed by atoms with Gasteiger partial charge in [-0.1, -0.05) is 0 Å². The first kappa shape index (κ1) is 11.0. The normalized spacial score (nSPS) is 19.3. The SMILES string of the molecule is CC(C)(C)NC(=O)O[C@@H]1CCn2ccnc21. The van der Waals surface area contributed by atoms with Crippen molar-refractivity contribution in [1.82, 2.24) is 14.9 Å². The Kier molecular flexibility index (Phi) is 2.61. The van der Waals surface area contributed by atoms with Crippen molar-refractivity contribution in [3.05, 3.63) is 18.2 Å². The van der Waals surface area contributed by atoms with Crippen molar-refractivity contribution in [2.75, 3.05) is 0 Å². The fraction of sp³-hybridized carbons (Fsp3) is 0.636. The molecule has 0 aromatic carbocycles. The van der Waals surface area contributed by atoms with Crippen LogP contribution < -0.4 is 5.32 Å². The molecular formula is C11H17N3O2. The van der Waals surface area contributed by atoms with Gasteiger partial charge in [-0.2, -0.15) is 0 Å². The molecule has 0 fully saturated rings. The second kappa shape index (κ2) is 3.81. The van der Waals surface area contributed by atoms with E-state index in [2.05, 4.69) is 10.3 Å². The number of alkyl carbamates (subject to hydrolysis) is 1. The molecule has 1 atom stereocenters. The molecule has 0 spiro atoms. The summed E-state index contributed by atoms with van der Waals surface area (Å²) in [6.45, 7) is 6.63. The number of hydrogen-bond acceptors (Lipinski definition) is 3. The van der Waals surface area contributed by atoms with Gasteiger partial charge in [0.25, 0.3) is 0 Å². The van der Waals surface area contributed by atoms with Crippen molar-refractivity contribution in [3.63, 3.8) is 0 Å². The topological polar surface area (TPSA) is 56.1 Å². The summed E-state index contributed by atoms with van der Waals surface area (Å²) < 4.78 is 7.35. The minimum Gasteiger partial charge on any atom is -0.438 e. The van der Waals surface area contributed by atoms with Gasteiger partial charge in [-0.15, -0.1) is 0 Å². The van der Waals surface area contributed by atoms with E-state index in [0.29, 0.717) is 0 Å². The molecule has 1 aromatic heterocycles. The number of rotatable bonds is 1. The monoisotopic (exact) mass is 223 g/mol. The van der Waals surface area contributed by atoms with Crippen LogP contribution in [0.2, 0.25) is 0 Å². The van der Waals surface area contributed by atoms with Crippen LogP contribution >= 0.6 is 0 Å². The van der Waals surface area contributed by atoms with Crippen LogP contribution in [0.4, 0.5) is 4.79 Å². The summed E-state index contributed by atoms with van der Waals surface area (Å²) in [4.78, 5) is 15.8. The molecular weight excluding hydrogens is 206 g/mol. The number of amides is 1. The molecule has 1 amide bonds. The number of nitrogens with zero attached hydrogens (tertiary/aromatic N) is 2. The van der Waals surface area contributed by atoms with E-state index in [4.69, 9.17) is 4.74 Å². The molecule has 1 N–H and O–H groups in total. The third-order valence-electron chi connectivity index (χ3n) is 2.39. The third kappa shape index (κ3) is 2.35. The van der Waals surface area contributed by atoms with E-state index in [0.717, 1.165) is 18.8 Å². The first-order valence-corrected chi connectivity index (χ1v) is 5.45. The number of carbonyl (C=O) groups excluding carboxylic acids is 1. The average Bonchev–Trinajstić information content (AvgIpc) is 2.66. The molecule has 0 radical (unpaired) electrons. The van der Waals surface area contributed by atoms with Crippen LogP contribution in [-0.4, -0.2) is 21.2 Å². The van der Waals surface area contributed by atoms with Crippen LogP contribution in [-0.2, 0) is 11.3 Å². The second-order valence-corrected chi connectivity index (χ2v) is 5.04. The van der Waals surface area contributed by atoms with Crippen LogP contribution in [0.3, 0.4) is 0 Å². The fourth-order valence-electron chi connectivity index (χ4n) is 1.76. The number of carbonyl (C=O) groups is 1. The van der Waals surface area contributed by atoms with Crippen molar-refractivity contribution >= 4 is 6.09 Å². The first-order valence-electron chi connectivity index (χ1n) is 5.45. The Balaban J connectivity index is 1.95. The van der Waals surface area contributed by atoms with Crippen LogP contribution in [0.25, 0.3) is 0 Å². The maximum absolute atomic E-state index is 11.6. The van der Waals surface area contributed by atoms with Gasteiger partial charge in [-0.05, 0) is 20.8 Å². The molecule has 0 unspecified atom stereocenters. The Hall–Kier alpha value is -1.52. The fourth-order valence-corrected chi connectivity index (χ4v) is 1.76. The number of imidazole rings is 1. The molecule has 5 heteroatoms. The Morgan fingerprint density at radius 2 is 2.38 bits per heavy atom. The maximum atomic E-state index is 11.6. The third-order valence-corrected chi connectivity index (χ3v) is 2.39. The van der Waals surface area contributed by atoms with E-state index in [9.17, 15) is 4.79 Å². The summed E-state index contributed by atoms with van der Waals surface area (Å²) in [5.41, 5.74) is -0.273. The largest absolute Gasteiger partial charge is 0.438 e. The highest BCUT2D eigenvalue weighted by Crippen LogP contribution is 2.27. The zero-order valence-corrected chi connectivity index (χ0v) is 9.86. The summed E-state index contributed by atoms with van der Waals surface area (Å²) in [5, 5.41) is 2.77. The van der Waals surface area contributed by atoms with Crippen molar-refractivity contribution in [1.29, 1.82) is 0 Å². The predicted molar refractivity (Wildman–Crippen MR) is 59.0 cm³/mol. The van der Waals surface area contributed by atoms with Gasteiger partial charge in [0, 0.05) is 30.9 Å². The van der Waals surface area contributed by atoms with Gasteiger partial charge < -0.3 is 14.6 Å². The highest BCUT2D eigenvalue weighted by molar-refractivity contribution is 5.68. The van der Waals surface area contributed by atoms with Gasteiger partial charge in [0.05, 0.1) is 0 Å². The van der Waals surface area contributed by atoms with E-state index in [1.165, 1.54) is 0 Å². The van der Waals surface area contributed by atoms with Crippen LogP contribution in [0.15, 0.2) is 12.4 Å². The summed E-state index contributed by atoms with van der Waals surface area (Å²) in [5.74, 6) is 0.837. The van der Waals surface area contributed by atoms with Crippen molar-refractivity contribution in [2.45, 2.75) is 45.4 Å². The Morgan fingerprint density at radius 1 is 1.62 bits per heavy atom. The number of nitrogens with one attached hydrogen (secondary N) is 1. The zero-order chi connectivity index (χ0) is 11.8. The van der Waals surface area contributed by atoms with E-state index in [-0.39, 0.29) is 17.7 Å². The quantitative estimate of drug-likeness (QED) is 0.790. The zero-order valence-electron chi connectivity index (χ0n) is 9.86. The average molecular weight is 223 g/mol. The van der Waals surface area contributed by atoms with E-state index in [1.807, 2.05) is 31.5 Å². The van der Waals surface area contributed by atoms with Crippen LogP contribution in [0, 0.1) is 0 Å². The number of aromatic nitrogens is 2. The summed E-state index contributed by atoms with van der Waals surface area (Å²) in [6, 6.07) is 0. The lowest BCUT2D eigenvalue weighted by Crippen LogP contribution is -2.41. The lowest BCUT2D eigenvalue weighted by Gasteiger charge is -2.21. The molecule has 1 aliphatic rings. The molecule has 0 bridgehead atoms. The Bertz CT molecular complexity index is 392. The summed E-state index contributed by atoms with van der Waals surface area (Å²) in [7, 11) is 0. The van der Waals surface area contributed by atoms with Crippen LogP contribution in [0.1, 0.15) is 39.1 Å². The van der Waals surface area contributed by atoms with Gasteiger partial charge in [-0.3, -0.25) is 0 Å². The Labute approximate surface area is 94.8 Å². The highest BCUT2D eigenvalue weighted by Gasteiger charge is 2.28. The second-order valence-electron chi connectivity index (χ2n) is 5.04. The van der Waals surface area contributed by atoms with Gasteiger partial charge in [0.1, 0.15) is 5.82 Å². The first-order chi connectivity index (χ1) is 7.46. The molecule has 0 aliphatic carbocycles. The predicted octanol–water partition coefficient (Wildman–Crippen LogP) is 1.85. The van der Waals surface area contributed by atoms with Crippen LogP contribution in [0.5, 0.6) is 0 Å². The number of ether oxygens (including phenoxy) is 1. The van der Waals surface area contributed by atoms with Crippen molar-refractivity contribution in [2.24, 2.45) is 0 Å². The summed E-state index contributed by atoms with van der Waals surface area (Å²) in [6.07, 6.45) is 3.85. The van der Waals surface area contributed by atoms with E-state index < -0.39 is 0 Å². The molecule has 1 aliphatic heterocycles. The molecule has 16 heavy (non-hydrogen) atoms. The maximum Gasteiger partial charge on any atom is 0.408 e. The molecule has 5 nitrogen and oxygen atoms in total. The van der Waals surface area contributed by atoms with E-state index >= 15 is 0 Å². The number of fused-ring (bicyclic) bond motifs is 1. The minimum absolute atomic E-state index is 0.211. The highest BCUT2D eigenvalue weighted by atomic mass is 16.6. The van der Waals surface area contributed by atoms with E-state index in [1.54, 1.807) is 6.20 Å². The molecule has 88 valence electrons. The van der Waals surface area contributed by atoms with Gasteiger partial charge in [-0.25, -0.2) is 9.78 Å². The molecule has 2 rings (SSSR count).